The van der Waals surface area contributed by atoms with Gasteiger partial charge in [0.25, 0.3) is 5.69 Å². The Bertz CT molecular complexity index is 664. The number of rotatable bonds is 5. The SMILES string of the molecule is O=[N+]([O-])c1ccc(S(=O)(=O)N(C2CCC2)C2CCCNC2)cc1. The van der Waals surface area contributed by atoms with Crippen LogP contribution in [0.5, 0.6) is 0 Å². The molecule has 2 fully saturated rings. The fourth-order valence-corrected chi connectivity index (χ4v) is 5.14. The molecule has 0 bridgehead atoms. The first kappa shape index (κ1) is 16.4. The Kier molecular flexibility index (Phi) is 4.65. The van der Waals surface area contributed by atoms with Gasteiger partial charge in [-0.25, -0.2) is 8.42 Å². The first-order chi connectivity index (χ1) is 11.0. The van der Waals surface area contributed by atoms with E-state index >= 15 is 0 Å². The van der Waals surface area contributed by atoms with E-state index in [0.29, 0.717) is 6.54 Å². The monoisotopic (exact) mass is 339 g/mol. The zero-order valence-corrected chi connectivity index (χ0v) is 13.7. The Morgan fingerprint density at radius 2 is 1.74 bits per heavy atom. The van der Waals surface area contributed by atoms with Crippen LogP contribution in [0.4, 0.5) is 5.69 Å². The second-order valence-corrected chi connectivity index (χ2v) is 8.01. The number of benzene rings is 1. The molecule has 1 aliphatic carbocycles. The van der Waals surface area contributed by atoms with Crippen molar-refractivity contribution in [2.75, 3.05) is 13.1 Å². The van der Waals surface area contributed by atoms with Gasteiger partial charge in [0.15, 0.2) is 0 Å². The van der Waals surface area contributed by atoms with Gasteiger partial charge in [-0.15, -0.1) is 0 Å². The topological polar surface area (TPSA) is 92.5 Å². The van der Waals surface area contributed by atoms with Gasteiger partial charge in [0.1, 0.15) is 0 Å². The normalized spacial score (nSPS) is 22.7. The lowest BCUT2D eigenvalue weighted by Crippen LogP contribution is -2.54. The molecule has 1 aromatic carbocycles. The van der Waals surface area contributed by atoms with Crippen LogP contribution in [0.3, 0.4) is 0 Å². The van der Waals surface area contributed by atoms with Crippen LogP contribution in [0.25, 0.3) is 0 Å². The van der Waals surface area contributed by atoms with Gasteiger partial charge >= 0.3 is 0 Å². The van der Waals surface area contributed by atoms with Crippen LogP contribution in [0.15, 0.2) is 29.2 Å². The van der Waals surface area contributed by atoms with Crippen molar-refractivity contribution < 1.29 is 13.3 Å². The molecule has 0 amide bonds. The number of piperidine rings is 1. The molecule has 1 unspecified atom stereocenters. The summed E-state index contributed by atoms with van der Waals surface area (Å²) in [5.41, 5.74) is -0.0986. The predicted octanol–water partition coefficient (Wildman–Crippen LogP) is 1.89. The number of nitrogens with one attached hydrogen (secondary N) is 1. The molecule has 126 valence electrons. The predicted molar refractivity (Wildman–Crippen MR) is 85.7 cm³/mol. The van der Waals surface area contributed by atoms with E-state index in [1.165, 1.54) is 24.3 Å². The molecule has 0 aromatic heterocycles. The lowest BCUT2D eigenvalue weighted by Gasteiger charge is -2.42. The number of hydrogen-bond donors (Lipinski definition) is 1. The van der Waals surface area contributed by atoms with Crippen LogP contribution in [0, 0.1) is 10.1 Å². The van der Waals surface area contributed by atoms with Crippen LogP contribution in [-0.2, 0) is 10.0 Å². The molecule has 1 heterocycles. The maximum atomic E-state index is 13.1. The molecule has 23 heavy (non-hydrogen) atoms. The molecule has 1 N–H and O–H groups in total. The number of sulfonamides is 1. The highest BCUT2D eigenvalue weighted by atomic mass is 32.2. The first-order valence-electron chi connectivity index (χ1n) is 7.99. The van der Waals surface area contributed by atoms with E-state index in [2.05, 4.69) is 5.32 Å². The second-order valence-electron chi connectivity index (χ2n) is 6.17. The second kappa shape index (κ2) is 6.54. The van der Waals surface area contributed by atoms with E-state index in [0.717, 1.165) is 38.6 Å². The van der Waals surface area contributed by atoms with E-state index in [1.807, 2.05) is 0 Å². The summed E-state index contributed by atoms with van der Waals surface area (Å²) in [6.07, 6.45) is 4.65. The number of nitrogens with zero attached hydrogens (tertiary/aromatic N) is 2. The van der Waals surface area contributed by atoms with Crippen molar-refractivity contribution in [3.63, 3.8) is 0 Å². The van der Waals surface area contributed by atoms with Crippen molar-refractivity contribution in [3.05, 3.63) is 34.4 Å². The Morgan fingerprint density at radius 3 is 2.22 bits per heavy atom. The summed E-state index contributed by atoms with van der Waals surface area (Å²) in [7, 11) is -3.63. The Labute approximate surface area is 135 Å². The van der Waals surface area contributed by atoms with Crippen molar-refractivity contribution >= 4 is 15.7 Å². The van der Waals surface area contributed by atoms with E-state index in [9.17, 15) is 18.5 Å². The molecule has 7 nitrogen and oxygen atoms in total. The minimum absolute atomic E-state index is 0.0331. The van der Waals surface area contributed by atoms with Gasteiger partial charge in [-0.2, -0.15) is 4.31 Å². The largest absolute Gasteiger partial charge is 0.315 e. The quantitative estimate of drug-likeness (QED) is 0.653. The van der Waals surface area contributed by atoms with Crippen molar-refractivity contribution in [1.82, 2.24) is 9.62 Å². The van der Waals surface area contributed by atoms with Gasteiger partial charge in [-0.1, -0.05) is 6.42 Å². The Hall–Kier alpha value is -1.51. The lowest BCUT2D eigenvalue weighted by atomic mass is 9.91. The van der Waals surface area contributed by atoms with Crippen LogP contribution >= 0.6 is 0 Å². The van der Waals surface area contributed by atoms with Gasteiger partial charge < -0.3 is 5.32 Å². The molecule has 8 heteroatoms. The molecular weight excluding hydrogens is 318 g/mol. The number of non-ortho nitro benzene ring substituents is 1. The van der Waals surface area contributed by atoms with Crippen LogP contribution < -0.4 is 5.32 Å². The fourth-order valence-electron chi connectivity index (χ4n) is 3.24. The fraction of sp³-hybridized carbons (Fsp3) is 0.600. The highest BCUT2D eigenvalue weighted by Gasteiger charge is 2.40. The maximum absolute atomic E-state index is 13.1. The Balaban J connectivity index is 1.91. The summed E-state index contributed by atoms with van der Waals surface area (Å²) >= 11 is 0. The molecule has 1 saturated carbocycles. The standard InChI is InChI=1S/C15H21N3O4S/c19-18(20)13-6-8-15(9-7-13)23(21,22)17(12-3-1-4-12)14-5-2-10-16-11-14/h6-9,12,14,16H,1-5,10-11H2. The molecule has 1 aromatic rings. The molecule has 2 aliphatic rings. The van der Waals surface area contributed by atoms with Gasteiger partial charge in [0, 0.05) is 30.8 Å². The van der Waals surface area contributed by atoms with Gasteiger partial charge in [-0.3, -0.25) is 10.1 Å². The van der Waals surface area contributed by atoms with Gasteiger partial charge in [0.05, 0.1) is 9.82 Å². The zero-order chi connectivity index (χ0) is 16.4. The molecule has 1 saturated heterocycles. The van der Waals surface area contributed by atoms with Crippen LogP contribution in [0.2, 0.25) is 0 Å². The average molecular weight is 339 g/mol. The Morgan fingerprint density at radius 1 is 1.09 bits per heavy atom. The number of nitro benzene ring substituents is 1. The molecule has 1 atom stereocenters. The number of nitro groups is 1. The summed E-state index contributed by atoms with van der Waals surface area (Å²) in [5, 5.41) is 14.0. The van der Waals surface area contributed by atoms with Crippen molar-refractivity contribution in [3.8, 4) is 0 Å². The van der Waals surface area contributed by atoms with E-state index < -0.39 is 14.9 Å². The van der Waals surface area contributed by atoms with E-state index in [1.54, 1.807) is 4.31 Å². The third-order valence-electron chi connectivity index (χ3n) is 4.69. The van der Waals surface area contributed by atoms with E-state index in [4.69, 9.17) is 0 Å². The van der Waals surface area contributed by atoms with Crippen molar-refractivity contribution in [2.24, 2.45) is 0 Å². The highest BCUT2D eigenvalue weighted by Crippen LogP contribution is 2.33. The summed E-state index contributed by atoms with van der Waals surface area (Å²) in [6.45, 7) is 1.59. The molecule has 1 aliphatic heterocycles. The van der Waals surface area contributed by atoms with Crippen molar-refractivity contribution in [1.29, 1.82) is 0 Å². The highest BCUT2D eigenvalue weighted by molar-refractivity contribution is 7.89. The molecule has 0 radical (unpaired) electrons. The third kappa shape index (κ3) is 3.24. The minimum atomic E-state index is -3.63. The number of hydrogen-bond acceptors (Lipinski definition) is 5. The zero-order valence-electron chi connectivity index (χ0n) is 12.8. The van der Waals surface area contributed by atoms with Gasteiger partial charge in [-0.05, 0) is 44.4 Å². The smallest absolute Gasteiger partial charge is 0.269 e. The first-order valence-corrected chi connectivity index (χ1v) is 9.43. The molecular formula is C15H21N3O4S. The summed E-state index contributed by atoms with van der Waals surface area (Å²) in [5.74, 6) is 0. The molecule has 3 rings (SSSR count). The maximum Gasteiger partial charge on any atom is 0.269 e. The molecule has 0 spiro atoms. The van der Waals surface area contributed by atoms with Crippen LogP contribution in [0.1, 0.15) is 32.1 Å². The summed E-state index contributed by atoms with van der Waals surface area (Å²) in [4.78, 5) is 10.4. The van der Waals surface area contributed by atoms with Crippen molar-refractivity contribution in [2.45, 2.75) is 49.1 Å². The average Bonchev–Trinajstić information content (AvgIpc) is 2.51. The van der Waals surface area contributed by atoms with Crippen LogP contribution in [-0.4, -0.2) is 42.8 Å². The van der Waals surface area contributed by atoms with E-state index in [-0.39, 0.29) is 22.7 Å². The lowest BCUT2D eigenvalue weighted by molar-refractivity contribution is -0.384. The third-order valence-corrected chi connectivity index (χ3v) is 6.71. The van der Waals surface area contributed by atoms with Gasteiger partial charge in [0.2, 0.25) is 10.0 Å². The minimum Gasteiger partial charge on any atom is -0.315 e. The summed E-state index contributed by atoms with van der Waals surface area (Å²) in [6, 6.07) is 5.22. The summed E-state index contributed by atoms with van der Waals surface area (Å²) < 4.78 is 27.8.